The van der Waals surface area contributed by atoms with Crippen molar-refractivity contribution in [1.82, 2.24) is 0 Å². The number of rotatable bonds is 7. The van der Waals surface area contributed by atoms with E-state index in [1.165, 1.54) is 6.07 Å². The van der Waals surface area contributed by atoms with Crippen LogP contribution in [0.4, 0.5) is 13.2 Å². The minimum atomic E-state index is -4.43. The fourth-order valence-corrected chi connectivity index (χ4v) is 2.35. The normalized spacial score (nSPS) is 11.6. The first-order valence-corrected chi connectivity index (χ1v) is 6.28. The summed E-state index contributed by atoms with van der Waals surface area (Å²) in [6.45, 7) is -0.128. The summed E-state index contributed by atoms with van der Waals surface area (Å²) in [6, 6.07) is 1.52. The number of aryl methyl sites for hydroxylation is 1. The highest BCUT2D eigenvalue weighted by Gasteiger charge is 2.27. The average Bonchev–Trinajstić information content (AvgIpc) is 2.67. The van der Waals surface area contributed by atoms with Crippen LogP contribution in [0.5, 0.6) is 5.75 Å². The van der Waals surface area contributed by atoms with Crippen molar-refractivity contribution < 1.29 is 32.5 Å². The van der Waals surface area contributed by atoms with Crippen molar-refractivity contribution in [2.24, 2.45) is 0 Å². The van der Waals surface area contributed by atoms with Crippen molar-refractivity contribution >= 4 is 17.3 Å². The monoisotopic (exact) mass is 298 g/mol. The van der Waals surface area contributed by atoms with Crippen LogP contribution in [0.15, 0.2) is 6.07 Å². The van der Waals surface area contributed by atoms with Crippen molar-refractivity contribution in [3.63, 3.8) is 0 Å². The molecule has 0 aliphatic heterocycles. The number of hydrogen-bond acceptors (Lipinski definition) is 4. The predicted molar refractivity (Wildman–Crippen MR) is 62.8 cm³/mol. The Kier molecular flexibility index (Phi) is 5.61. The number of halogens is 3. The van der Waals surface area contributed by atoms with E-state index in [-0.39, 0.29) is 10.6 Å². The summed E-state index contributed by atoms with van der Waals surface area (Å²) in [6.07, 6.45) is -2.90. The third kappa shape index (κ3) is 5.48. The van der Waals surface area contributed by atoms with Gasteiger partial charge in [0, 0.05) is 4.88 Å². The molecule has 0 amide bonds. The van der Waals surface area contributed by atoms with E-state index < -0.39 is 25.5 Å². The number of aromatic carboxylic acids is 1. The Hall–Kier alpha value is -1.28. The van der Waals surface area contributed by atoms with Crippen molar-refractivity contribution in [2.45, 2.75) is 25.9 Å². The molecule has 0 spiro atoms. The van der Waals surface area contributed by atoms with Crippen molar-refractivity contribution in [2.75, 3.05) is 13.4 Å². The molecular weight excluding hydrogens is 285 g/mol. The second-order valence-corrected chi connectivity index (χ2v) is 4.82. The summed E-state index contributed by atoms with van der Waals surface area (Å²) < 4.78 is 44.7. The van der Waals surface area contributed by atoms with E-state index in [9.17, 15) is 18.0 Å². The molecule has 0 atom stereocenters. The lowest BCUT2D eigenvalue weighted by Gasteiger charge is -2.08. The second-order valence-electron chi connectivity index (χ2n) is 3.69. The lowest BCUT2D eigenvalue weighted by molar-refractivity contribution is -0.186. The number of hydrogen-bond donors (Lipinski definition) is 1. The summed E-state index contributed by atoms with van der Waals surface area (Å²) in [5, 5.41) is 8.94. The minimum absolute atomic E-state index is 0.0286. The molecule has 1 rings (SSSR count). The molecule has 0 radical (unpaired) electrons. The molecule has 0 fully saturated rings. The Morgan fingerprint density at radius 2 is 2.16 bits per heavy atom. The molecule has 0 saturated carbocycles. The Morgan fingerprint density at radius 3 is 2.68 bits per heavy atom. The summed E-state index contributed by atoms with van der Waals surface area (Å²) >= 11 is 1.05. The zero-order valence-corrected chi connectivity index (χ0v) is 10.9. The molecule has 19 heavy (non-hydrogen) atoms. The van der Waals surface area contributed by atoms with Gasteiger partial charge in [0.25, 0.3) is 0 Å². The minimum Gasteiger partial charge on any atom is -0.477 e. The topological polar surface area (TPSA) is 55.8 Å². The van der Waals surface area contributed by atoms with E-state index in [1.54, 1.807) is 0 Å². The first-order chi connectivity index (χ1) is 8.83. The van der Waals surface area contributed by atoms with Crippen LogP contribution < -0.4 is 4.74 Å². The standard InChI is InChI=1S/C11H13F3O4S/c1-2-3-7-4-8(9(19-7)10(15)16)18-6-17-5-11(12,13)14/h4H,2-3,5-6H2,1H3,(H,15,16). The third-order valence-corrected chi connectivity index (χ3v) is 3.17. The second kappa shape index (κ2) is 6.76. The summed E-state index contributed by atoms with van der Waals surface area (Å²) in [7, 11) is 0. The summed E-state index contributed by atoms with van der Waals surface area (Å²) in [4.78, 5) is 11.7. The van der Waals surface area contributed by atoms with Crippen LogP contribution in [0.1, 0.15) is 27.9 Å². The average molecular weight is 298 g/mol. The molecule has 4 nitrogen and oxygen atoms in total. The molecule has 1 aromatic rings. The van der Waals surface area contributed by atoms with E-state index in [0.717, 1.165) is 22.6 Å². The first-order valence-electron chi connectivity index (χ1n) is 5.46. The van der Waals surface area contributed by atoms with Gasteiger partial charge in [0.1, 0.15) is 12.4 Å². The largest absolute Gasteiger partial charge is 0.477 e. The van der Waals surface area contributed by atoms with Gasteiger partial charge in [-0.05, 0) is 12.5 Å². The molecule has 0 aliphatic rings. The first kappa shape index (κ1) is 15.8. The molecule has 0 aliphatic carbocycles. The Labute approximate surface area is 111 Å². The van der Waals surface area contributed by atoms with Crippen molar-refractivity contribution in [3.05, 3.63) is 15.8 Å². The van der Waals surface area contributed by atoms with E-state index in [4.69, 9.17) is 9.84 Å². The van der Waals surface area contributed by atoms with Gasteiger partial charge in [-0.25, -0.2) is 4.79 Å². The highest BCUT2D eigenvalue weighted by Crippen LogP contribution is 2.30. The number of carboxylic acids is 1. The van der Waals surface area contributed by atoms with Crippen LogP contribution in [0, 0.1) is 0 Å². The van der Waals surface area contributed by atoms with Gasteiger partial charge in [0.15, 0.2) is 11.7 Å². The van der Waals surface area contributed by atoms with Crippen LogP contribution in [0.25, 0.3) is 0 Å². The molecule has 0 unspecified atom stereocenters. The van der Waals surface area contributed by atoms with Gasteiger partial charge in [0.05, 0.1) is 0 Å². The Morgan fingerprint density at radius 1 is 1.47 bits per heavy atom. The summed E-state index contributed by atoms with van der Waals surface area (Å²) in [5.41, 5.74) is 0. The maximum Gasteiger partial charge on any atom is 0.411 e. The van der Waals surface area contributed by atoms with Crippen LogP contribution in [0.3, 0.4) is 0 Å². The van der Waals surface area contributed by atoms with Crippen LogP contribution in [0.2, 0.25) is 0 Å². The number of carboxylic acid groups (broad SMARTS) is 1. The molecule has 1 heterocycles. The molecule has 8 heteroatoms. The van der Waals surface area contributed by atoms with Gasteiger partial charge >= 0.3 is 12.1 Å². The highest BCUT2D eigenvalue weighted by atomic mass is 32.1. The van der Waals surface area contributed by atoms with E-state index in [2.05, 4.69) is 4.74 Å². The third-order valence-electron chi connectivity index (χ3n) is 2.00. The Bertz CT molecular complexity index is 428. The SMILES string of the molecule is CCCc1cc(OCOCC(F)(F)F)c(C(=O)O)s1. The van der Waals surface area contributed by atoms with E-state index >= 15 is 0 Å². The molecule has 0 aromatic carbocycles. The molecule has 1 aromatic heterocycles. The number of alkyl halides is 3. The van der Waals surface area contributed by atoms with Crippen molar-refractivity contribution in [3.8, 4) is 5.75 Å². The van der Waals surface area contributed by atoms with E-state index in [0.29, 0.717) is 6.42 Å². The van der Waals surface area contributed by atoms with Gasteiger partial charge in [0.2, 0.25) is 0 Å². The quantitative estimate of drug-likeness (QED) is 0.620. The zero-order chi connectivity index (χ0) is 14.5. The lowest BCUT2D eigenvalue weighted by atomic mass is 10.3. The van der Waals surface area contributed by atoms with Crippen LogP contribution in [-0.2, 0) is 11.2 Å². The fraction of sp³-hybridized carbons (Fsp3) is 0.545. The number of ether oxygens (including phenoxy) is 2. The van der Waals surface area contributed by atoms with Gasteiger partial charge in [-0.3, -0.25) is 0 Å². The molecular formula is C11H13F3O4S. The van der Waals surface area contributed by atoms with Gasteiger partial charge in [-0.2, -0.15) is 13.2 Å². The smallest absolute Gasteiger partial charge is 0.411 e. The lowest BCUT2D eigenvalue weighted by Crippen LogP contribution is -2.19. The van der Waals surface area contributed by atoms with Crippen LogP contribution >= 0.6 is 11.3 Å². The molecule has 1 N–H and O–H groups in total. The zero-order valence-electron chi connectivity index (χ0n) is 10.1. The molecule has 108 valence electrons. The van der Waals surface area contributed by atoms with Gasteiger partial charge < -0.3 is 14.6 Å². The fourth-order valence-electron chi connectivity index (χ4n) is 1.31. The molecule has 0 saturated heterocycles. The summed E-state index contributed by atoms with van der Waals surface area (Å²) in [5.74, 6) is -1.12. The number of thiophene rings is 1. The highest BCUT2D eigenvalue weighted by molar-refractivity contribution is 7.14. The number of carbonyl (C=O) groups is 1. The van der Waals surface area contributed by atoms with Crippen molar-refractivity contribution in [1.29, 1.82) is 0 Å². The predicted octanol–water partition coefficient (Wildman–Crippen LogP) is 3.31. The molecule has 0 bridgehead atoms. The maximum atomic E-state index is 11.8. The Balaban J connectivity index is 2.58. The van der Waals surface area contributed by atoms with Gasteiger partial charge in [-0.15, -0.1) is 11.3 Å². The van der Waals surface area contributed by atoms with E-state index in [1.807, 2.05) is 6.92 Å². The maximum absolute atomic E-state index is 11.8. The van der Waals surface area contributed by atoms with Gasteiger partial charge in [-0.1, -0.05) is 13.3 Å². The van der Waals surface area contributed by atoms with Crippen LogP contribution in [-0.4, -0.2) is 30.7 Å².